The highest BCUT2D eigenvalue weighted by molar-refractivity contribution is 6.35. The minimum absolute atomic E-state index is 0.0130. The molecule has 1 aliphatic heterocycles. The molecule has 0 aromatic heterocycles. The van der Waals surface area contributed by atoms with Gasteiger partial charge in [0.05, 0.1) is 42.4 Å². The van der Waals surface area contributed by atoms with Gasteiger partial charge in [0.1, 0.15) is 11.5 Å². The molecule has 0 bridgehead atoms. The molecule has 2 N–H and O–H groups in total. The third kappa shape index (κ3) is 8.15. The van der Waals surface area contributed by atoms with Crippen LogP contribution in [0.3, 0.4) is 0 Å². The van der Waals surface area contributed by atoms with Crippen LogP contribution in [0.1, 0.15) is 27.6 Å². The monoisotopic (exact) mass is 704 g/mol. The number of nitrogens with one attached hydrogen (secondary N) is 1. The highest BCUT2D eigenvalue weighted by Crippen LogP contribution is 2.37. The number of carbonyl (C=O) groups is 2. The van der Waals surface area contributed by atoms with Crippen LogP contribution in [0.4, 0.5) is 22.7 Å². The number of fused-ring (bicyclic) bond motifs is 1. The Morgan fingerprint density at radius 1 is 0.870 bits per heavy atom. The number of hydrogen-bond donors (Lipinski definition) is 2. The number of phenolic OH excluding ortho intramolecular Hbond substituents is 1. The topological polar surface area (TPSA) is 165 Å². The van der Waals surface area contributed by atoms with Gasteiger partial charge in [-0.15, -0.1) is 12.8 Å². The van der Waals surface area contributed by atoms with Crippen molar-refractivity contribution in [2.24, 2.45) is 0 Å². The summed E-state index contributed by atoms with van der Waals surface area (Å²) in [5.74, 6) is -0.779. The molecule has 46 heavy (non-hydrogen) atoms. The van der Waals surface area contributed by atoms with E-state index in [0.717, 1.165) is 6.07 Å². The number of aromatic hydroxyl groups is 1. The van der Waals surface area contributed by atoms with Crippen molar-refractivity contribution in [3.8, 4) is 24.3 Å². The zero-order chi connectivity index (χ0) is 34.3. The summed E-state index contributed by atoms with van der Waals surface area (Å²) in [6.45, 7) is 1.69. The summed E-state index contributed by atoms with van der Waals surface area (Å²) in [4.78, 5) is 46.4. The minimum Gasteiger partial charge on any atom is -0.507 e. The Morgan fingerprint density at radius 2 is 1.43 bits per heavy atom. The van der Waals surface area contributed by atoms with E-state index in [4.69, 9.17) is 51.1 Å². The average Bonchev–Trinajstić information content (AvgIpc) is 3.01. The van der Waals surface area contributed by atoms with Crippen molar-refractivity contribution >= 4 is 81.0 Å². The Morgan fingerprint density at radius 3 is 2.02 bits per heavy atom. The Kier molecular flexibility index (Phi) is 11.8. The number of benzene rings is 4. The van der Waals surface area contributed by atoms with Crippen molar-refractivity contribution in [2.45, 2.75) is 13.2 Å². The van der Waals surface area contributed by atoms with E-state index in [2.05, 4.69) is 18.2 Å². The van der Waals surface area contributed by atoms with Crippen molar-refractivity contribution < 1.29 is 29.3 Å². The number of nitro groups is 2. The van der Waals surface area contributed by atoms with Crippen LogP contribution in [0.5, 0.6) is 11.5 Å². The quantitative estimate of drug-likeness (QED) is 0.119. The van der Waals surface area contributed by atoms with Crippen LogP contribution in [0.15, 0.2) is 72.8 Å². The third-order valence-corrected chi connectivity index (χ3v) is 7.15. The van der Waals surface area contributed by atoms with E-state index in [0.29, 0.717) is 22.0 Å². The van der Waals surface area contributed by atoms with Crippen molar-refractivity contribution in [3.63, 3.8) is 0 Å². The summed E-state index contributed by atoms with van der Waals surface area (Å²) < 4.78 is 5.71. The molecule has 1 atom stereocenters. The van der Waals surface area contributed by atoms with E-state index in [1.54, 1.807) is 19.1 Å². The zero-order valence-electron chi connectivity index (χ0n) is 23.3. The van der Waals surface area contributed by atoms with Gasteiger partial charge in [-0.05, 0) is 55.5 Å². The number of rotatable bonds is 5. The summed E-state index contributed by atoms with van der Waals surface area (Å²) in [5.41, 5.74) is 0.456. The van der Waals surface area contributed by atoms with E-state index in [-0.39, 0.29) is 49.4 Å². The van der Waals surface area contributed by atoms with Crippen LogP contribution in [0.25, 0.3) is 0 Å². The average molecular weight is 706 g/mol. The van der Waals surface area contributed by atoms with Crippen LogP contribution in [0.2, 0.25) is 20.1 Å². The molecule has 0 aliphatic carbocycles. The number of halogens is 4. The lowest BCUT2D eigenvalue weighted by molar-refractivity contribution is -0.385. The van der Waals surface area contributed by atoms with Crippen LogP contribution >= 0.6 is 46.4 Å². The fourth-order valence-corrected chi connectivity index (χ4v) is 4.84. The van der Waals surface area contributed by atoms with E-state index in [1.807, 2.05) is 0 Å². The molecule has 0 fully saturated rings. The second-order valence-corrected chi connectivity index (χ2v) is 10.6. The fraction of sp³-hybridized carbons (Fsp3) is 0.0667. The number of terminal acetylenes is 1. The maximum atomic E-state index is 12.7. The predicted molar refractivity (Wildman–Crippen MR) is 176 cm³/mol. The second kappa shape index (κ2) is 15.3. The number of nitrogens with zero attached hydrogens (tertiary/aromatic N) is 3. The molecule has 0 saturated carbocycles. The largest absolute Gasteiger partial charge is 0.507 e. The molecule has 16 heteroatoms. The first-order chi connectivity index (χ1) is 21.8. The number of ether oxygens (including phenoxy) is 1. The SMILES string of the molecule is C#C.CC1Oc2ccc(Cl)cc2C(=O)N1c1ccc([N+](=O)[O-])cc1Cl.O=C(Nc1ccc([N+](=O)[O-])cc1Cl)c1cc(Cl)ccc1O. The van der Waals surface area contributed by atoms with E-state index in [1.165, 1.54) is 59.5 Å². The molecule has 0 radical (unpaired) electrons. The Labute approximate surface area is 281 Å². The molecule has 236 valence electrons. The lowest BCUT2D eigenvalue weighted by Crippen LogP contribution is -2.46. The molecule has 4 aromatic rings. The molecule has 0 saturated heterocycles. The lowest BCUT2D eigenvalue weighted by atomic mass is 10.1. The van der Waals surface area contributed by atoms with Gasteiger partial charge in [-0.25, -0.2) is 0 Å². The Hall–Kier alpha value is -5.06. The van der Waals surface area contributed by atoms with Gasteiger partial charge in [-0.1, -0.05) is 46.4 Å². The van der Waals surface area contributed by atoms with Crippen molar-refractivity contribution in [3.05, 3.63) is 124 Å². The first kappa shape index (κ1) is 35.4. The summed E-state index contributed by atoms with van der Waals surface area (Å²) >= 11 is 23.7. The zero-order valence-corrected chi connectivity index (χ0v) is 26.3. The number of hydrogen-bond acceptors (Lipinski definition) is 8. The normalized spacial score (nSPS) is 13.1. The van der Waals surface area contributed by atoms with Crippen LogP contribution in [0, 0.1) is 33.1 Å². The number of anilines is 2. The number of non-ortho nitro benzene ring substituents is 2. The minimum atomic E-state index is -0.634. The van der Waals surface area contributed by atoms with E-state index < -0.39 is 22.0 Å². The highest BCUT2D eigenvalue weighted by Gasteiger charge is 2.34. The second-order valence-electron chi connectivity index (χ2n) is 8.96. The standard InChI is InChI=1S/C15H10Cl2N2O4.C13H8Cl2N2O4.C2H2/c1-8-18(13-4-3-10(19(21)22)7-12(13)17)15(20)11-6-9(16)2-5-14(11)23-8;14-7-1-4-12(18)9(5-7)13(19)16-11-3-2-8(17(20)21)6-10(11)15;1-2/h2-8H,1H3;1-6,18H,(H,16,19);1-2H. The number of nitro benzene ring substituents is 2. The van der Waals surface area contributed by atoms with Gasteiger partial charge in [0.25, 0.3) is 23.2 Å². The van der Waals surface area contributed by atoms with Gasteiger partial charge in [0.2, 0.25) is 0 Å². The van der Waals surface area contributed by atoms with E-state index in [9.17, 15) is 34.9 Å². The maximum absolute atomic E-state index is 12.7. The van der Waals surface area contributed by atoms with Crippen molar-refractivity contribution in [1.29, 1.82) is 0 Å². The van der Waals surface area contributed by atoms with Crippen LogP contribution in [-0.2, 0) is 0 Å². The molecule has 1 heterocycles. The smallest absolute Gasteiger partial charge is 0.271 e. The van der Waals surface area contributed by atoms with Gasteiger partial charge < -0.3 is 15.2 Å². The molecule has 1 unspecified atom stereocenters. The molecule has 5 rings (SSSR count). The molecule has 2 amide bonds. The van der Waals surface area contributed by atoms with Crippen LogP contribution in [-0.4, -0.2) is 33.0 Å². The maximum Gasteiger partial charge on any atom is 0.271 e. The van der Waals surface area contributed by atoms with Gasteiger partial charge in [-0.2, -0.15) is 0 Å². The lowest BCUT2D eigenvalue weighted by Gasteiger charge is -2.35. The molecule has 0 spiro atoms. The summed E-state index contributed by atoms with van der Waals surface area (Å²) in [7, 11) is 0. The first-order valence-electron chi connectivity index (χ1n) is 12.6. The molecule has 12 nitrogen and oxygen atoms in total. The van der Waals surface area contributed by atoms with Crippen LogP contribution < -0.4 is 15.0 Å². The van der Waals surface area contributed by atoms with Gasteiger partial charge >= 0.3 is 0 Å². The number of carbonyl (C=O) groups excluding carboxylic acids is 2. The van der Waals surface area contributed by atoms with E-state index >= 15 is 0 Å². The summed E-state index contributed by atoms with van der Waals surface area (Å²) in [6, 6.07) is 16.3. The number of amides is 2. The van der Waals surface area contributed by atoms with Crippen molar-refractivity contribution in [1.82, 2.24) is 0 Å². The molecular weight excluding hydrogens is 686 g/mol. The highest BCUT2D eigenvalue weighted by atomic mass is 35.5. The summed E-state index contributed by atoms with van der Waals surface area (Å²) in [6.07, 6.45) is 7.38. The molecule has 4 aromatic carbocycles. The van der Waals surface area contributed by atoms with Crippen molar-refractivity contribution in [2.75, 3.05) is 10.2 Å². The van der Waals surface area contributed by atoms with Gasteiger partial charge in [0.15, 0.2) is 6.23 Å². The van der Waals surface area contributed by atoms with Gasteiger partial charge in [-0.3, -0.25) is 34.7 Å². The first-order valence-corrected chi connectivity index (χ1v) is 14.1. The fourth-order valence-electron chi connectivity index (χ4n) is 4.01. The molecular formula is C30H20Cl4N4O8. The predicted octanol–water partition coefficient (Wildman–Crippen LogP) is 8.40. The number of phenols is 1. The Bertz CT molecular complexity index is 1870. The third-order valence-electron chi connectivity index (χ3n) is 6.07. The molecule has 1 aliphatic rings. The summed E-state index contributed by atoms with van der Waals surface area (Å²) in [5, 5.41) is 34.3. The Balaban J connectivity index is 0.000000239. The van der Waals surface area contributed by atoms with Gasteiger partial charge in [0, 0.05) is 34.3 Å².